The number of ether oxygens (including phenoxy) is 2. The van der Waals surface area contributed by atoms with Crippen molar-refractivity contribution < 1.29 is 24.5 Å². The first kappa shape index (κ1) is 16.5. The molecule has 1 aliphatic heterocycles. The van der Waals surface area contributed by atoms with Crippen LogP contribution in [0.5, 0.6) is 11.5 Å². The molecule has 3 rings (SSSR count). The summed E-state index contributed by atoms with van der Waals surface area (Å²) in [7, 11) is 0. The minimum Gasteiger partial charge on any atom is -0.491 e. The third kappa shape index (κ3) is 3.13. The highest BCUT2D eigenvalue weighted by atomic mass is 16.5. The lowest BCUT2D eigenvalue weighted by Gasteiger charge is -2.12. The SMILES string of the molecule is Cc1cc(C)c2c(c1)C(c1ccc(OCC(O)CO)cc1)C(=O)O2. The lowest BCUT2D eigenvalue weighted by Crippen LogP contribution is -2.21. The van der Waals surface area contributed by atoms with Crippen LogP contribution in [0.3, 0.4) is 0 Å². The van der Waals surface area contributed by atoms with E-state index in [1.54, 1.807) is 12.1 Å². The number of aliphatic hydroxyl groups excluding tert-OH is 2. The van der Waals surface area contributed by atoms with Crippen molar-refractivity contribution in [3.05, 3.63) is 58.7 Å². The van der Waals surface area contributed by atoms with Crippen molar-refractivity contribution in [1.29, 1.82) is 0 Å². The fraction of sp³-hybridized carbons (Fsp3) is 0.316. The Morgan fingerprint density at radius 2 is 1.92 bits per heavy atom. The average molecular weight is 328 g/mol. The van der Waals surface area contributed by atoms with Gasteiger partial charge in [-0.3, -0.25) is 4.79 Å². The highest BCUT2D eigenvalue weighted by Crippen LogP contribution is 2.42. The van der Waals surface area contributed by atoms with Crippen molar-refractivity contribution >= 4 is 5.97 Å². The van der Waals surface area contributed by atoms with Crippen LogP contribution in [0, 0.1) is 13.8 Å². The van der Waals surface area contributed by atoms with Gasteiger partial charge in [-0.2, -0.15) is 0 Å². The van der Waals surface area contributed by atoms with E-state index in [0.29, 0.717) is 11.5 Å². The van der Waals surface area contributed by atoms with E-state index in [2.05, 4.69) is 0 Å². The summed E-state index contributed by atoms with van der Waals surface area (Å²) in [6.45, 7) is 3.60. The van der Waals surface area contributed by atoms with Gasteiger partial charge >= 0.3 is 5.97 Å². The normalized spacial score (nSPS) is 17.3. The fourth-order valence-corrected chi connectivity index (χ4v) is 2.94. The summed E-state index contributed by atoms with van der Waals surface area (Å²) in [5.74, 6) is 0.513. The van der Waals surface area contributed by atoms with Gasteiger partial charge < -0.3 is 19.7 Å². The van der Waals surface area contributed by atoms with Crippen LogP contribution in [0.4, 0.5) is 0 Å². The largest absolute Gasteiger partial charge is 0.491 e. The first-order chi connectivity index (χ1) is 11.5. The second-order valence-corrected chi connectivity index (χ2v) is 6.07. The molecule has 1 aliphatic rings. The zero-order chi connectivity index (χ0) is 17.3. The van der Waals surface area contributed by atoms with Crippen molar-refractivity contribution in [3.8, 4) is 11.5 Å². The molecule has 0 saturated heterocycles. The van der Waals surface area contributed by atoms with E-state index < -0.39 is 12.0 Å². The molecule has 0 bridgehead atoms. The molecule has 1 heterocycles. The molecule has 2 N–H and O–H groups in total. The van der Waals surface area contributed by atoms with Gasteiger partial charge in [0.15, 0.2) is 0 Å². The van der Waals surface area contributed by atoms with E-state index in [1.807, 2.05) is 38.1 Å². The Labute approximate surface area is 140 Å². The molecule has 0 spiro atoms. The molecule has 2 atom stereocenters. The summed E-state index contributed by atoms with van der Waals surface area (Å²) in [6.07, 6.45) is -0.910. The minimum atomic E-state index is -0.910. The Hall–Kier alpha value is -2.37. The topological polar surface area (TPSA) is 76.0 Å². The van der Waals surface area contributed by atoms with Crippen LogP contribution in [0.1, 0.15) is 28.2 Å². The number of hydrogen-bond donors (Lipinski definition) is 2. The molecule has 2 unspecified atom stereocenters. The molecule has 24 heavy (non-hydrogen) atoms. The highest BCUT2D eigenvalue weighted by Gasteiger charge is 2.35. The molecule has 0 fully saturated rings. The van der Waals surface area contributed by atoms with E-state index >= 15 is 0 Å². The zero-order valence-corrected chi connectivity index (χ0v) is 13.7. The Kier molecular flexibility index (Phi) is 4.55. The van der Waals surface area contributed by atoms with Crippen molar-refractivity contribution in [2.45, 2.75) is 25.9 Å². The maximum atomic E-state index is 12.3. The molecule has 5 heteroatoms. The molecule has 0 saturated carbocycles. The van der Waals surface area contributed by atoms with Gasteiger partial charge in [-0.15, -0.1) is 0 Å². The molecule has 5 nitrogen and oxygen atoms in total. The number of aryl methyl sites for hydroxylation is 2. The quantitative estimate of drug-likeness (QED) is 0.649. The van der Waals surface area contributed by atoms with Gasteiger partial charge in [0.1, 0.15) is 30.1 Å². The average Bonchev–Trinajstić information content (AvgIpc) is 2.89. The third-order valence-electron chi connectivity index (χ3n) is 4.06. The van der Waals surface area contributed by atoms with Crippen LogP contribution in [-0.2, 0) is 4.79 Å². The van der Waals surface area contributed by atoms with Gasteiger partial charge in [-0.1, -0.05) is 29.8 Å². The molecule has 2 aromatic rings. The third-order valence-corrected chi connectivity index (χ3v) is 4.06. The standard InChI is InChI=1S/C19H20O5/c1-11-7-12(2)18-16(8-11)17(19(22)24-18)13-3-5-15(6-4-13)23-10-14(21)9-20/h3-8,14,17,20-21H,9-10H2,1-2H3. The second-order valence-electron chi connectivity index (χ2n) is 6.07. The van der Waals surface area contributed by atoms with E-state index in [4.69, 9.17) is 14.6 Å². The molecular weight excluding hydrogens is 308 g/mol. The number of aliphatic hydroxyl groups is 2. The highest BCUT2D eigenvalue weighted by molar-refractivity contribution is 5.90. The number of benzene rings is 2. The fourth-order valence-electron chi connectivity index (χ4n) is 2.94. The summed E-state index contributed by atoms with van der Waals surface area (Å²) in [6, 6.07) is 11.1. The Bertz CT molecular complexity index is 751. The van der Waals surface area contributed by atoms with Gasteiger partial charge in [0.2, 0.25) is 0 Å². The lowest BCUT2D eigenvalue weighted by molar-refractivity contribution is -0.133. The number of hydrogen-bond acceptors (Lipinski definition) is 5. The molecule has 126 valence electrons. The van der Waals surface area contributed by atoms with Crippen LogP contribution in [0.15, 0.2) is 36.4 Å². The van der Waals surface area contributed by atoms with Crippen molar-refractivity contribution in [1.82, 2.24) is 0 Å². The minimum absolute atomic E-state index is 0.0164. The first-order valence-corrected chi connectivity index (χ1v) is 7.84. The van der Waals surface area contributed by atoms with E-state index in [-0.39, 0.29) is 19.2 Å². The summed E-state index contributed by atoms with van der Waals surface area (Å²) in [5, 5.41) is 18.1. The number of fused-ring (bicyclic) bond motifs is 1. The molecule has 0 aliphatic carbocycles. The summed E-state index contributed by atoms with van der Waals surface area (Å²) in [5.41, 5.74) is 3.77. The smallest absolute Gasteiger partial charge is 0.323 e. The Morgan fingerprint density at radius 1 is 1.21 bits per heavy atom. The summed E-state index contributed by atoms with van der Waals surface area (Å²) in [4.78, 5) is 12.3. The van der Waals surface area contributed by atoms with Gasteiger partial charge in [0, 0.05) is 5.56 Å². The lowest BCUT2D eigenvalue weighted by atomic mass is 9.90. The van der Waals surface area contributed by atoms with Crippen LogP contribution < -0.4 is 9.47 Å². The molecular formula is C19H20O5. The van der Waals surface area contributed by atoms with Gasteiger partial charge in [-0.05, 0) is 37.1 Å². The number of rotatable bonds is 5. The predicted octanol–water partition coefficient (Wildman–Crippen LogP) is 2.09. The Balaban J connectivity index is 1.84. The van der Waals surface area contributed by atoms with Crippen LogP contribution in [0.25, 0.3) is 0 Å². The van der Waals surface area contributed by atoms with Crippen LogP contribution >= 0.6 is 0 Å². The van der Waals surface area contributed by atoms with Crippen molar-refractivity contribution in [2.24, 2.45) is 0 Å². The van der Waals surface area contributed by atoms with E-state index in [1.165, 1.54) is 0 Å². The van der Waals surface area contributed by atoms with Crippen molar-refractivity contribution in [3.63, 3.8) is 0 Å². The molecule has 0 aromatic heterocycles. The van der Waals surface area contributed by atoms with E-state index in [9.17, 15) is 9.90 Å². The van der Waals surface area contributed by atoms with Gasteiger partial charge in [-0.25, -0.2) is 0 Å². The summed E-state index contributed by atoms with van der Waals surface area (Å²) >= 11 is 0. The zero-order valence-electron chi connectivity index (χ0n) is 13.7. The molecule has 0 radical (unpaired) electrons. The van der Waals surface area contributed by atoms with Crippen LogP contribution in [-0.4, -0.2) is 35.5 Å². The van der Waals surface area contributed by atoms with E-state index in [0.717, 1.165) is 22.3 Å². The second kappa shape index (κ2) is 6.63. The number of esters is 1. The number of carbonyl (C=O) groups is 1. The maximum Gasteiger partial charge on any atom is 0.323 e. The monoisotopic (exact) mass is 328 g/mol. The van der Waals surface area contributed by atoms with Crippen molar-refractivity contribution in [2.75, 3.05) is 13.2 Å². The maximum absolute atomic E-state index is 12.3. The Morgan fingerprint density at radius 3 is 2.58 bits per heavy atom. The number of carbonyl (C=O) groups excluding carboxylic acids is 1. The van der Waals surface area contributed by atoms with Gasteiger partial charge in [0.25, 0.3) is 0 Å². The van der Waals surface area contributed by atoms with Gasteiger partial charge in [0.05, 0.1) is 6.61 Å². The predicted molar refractivity (Wildman–Crippen MR) is 88.4 cm³/mol. The molecule has 2 aromatic carbocycles. The van der Waals surface area contributed by atoms with Crippen LogP contribution in [0.2, 0.25) is 0 Å². The molecule has 0 amide bonds. The first-order valence-electron chi connectivity index (χ1n) is 7.84. The summed E-state index contributed by atoms with van der Waals surface area (Å²) < 4.78 is 10.8.